The van der Waals surface area contributed by atoms with E-state index in [4.69, 9.17) is 4.84 Å². The molecule has 4 heteroatoms. The molecular weight excluding hydrogens is 363 g/mol. The number of ketones is 1. The number of oxime groups is 1. The van der Waals surface area contributed by atoms with E-state index in [0.717, 1.165) is 25.0 Å². The molecule has 0 fully saturated rings. The van der Waals surface area contributed by atoms with Crippen molar-refractivity contribution < 1.29 is 42.3 Å². The van der Waals surface area contributed by atoms with E-state index in [1.165, 1.54) is 0 Å². The van der Waals surface area contributed by atoms with E-state index < -0.39 is 0 Å². The predicted molar refractivity (Wildman–Crippen MR) is 96.7 cm³/mol. The van der Waals surface area contributed by atoms with Crippen LogP contribution in [0.25, 0.3) is 0 Å². The van der Waals surface area contributed by atoms with Gasteiger partial charge in [0.05, 0.1) is 0 Å². The number of hydrogen-bond acceptors (Lipinski definition) is 3. The Hall–Kier alpha value is 0.244. The molecule has 0 saturated heterocycles. The summed E-state index contributed by atoms with van der Waals surface area (Å²) in [5.74, 6) is 0.197. The van der Waals surface area contributed by atoms with E-state index in [1.54, 1.807) is 0 Å². The van der Waals surface area contributed by atoms with E-state index in [0.29, 0.717) is 6.61 Å². The molecule has 1 atom stereocenters. The number of carbonyl (C=O) groups is 1. The van der Waals surface area contributed by atoms with E-state index in [9.17, 15) is 4.79 Å². The SMILES string of the molecule is [CH2-]C(CC(C)(C)C)C(=O)C(C)(C)C.[CH2-]C/C(C)=N\OCCC.[Y]. The minimum atomic E-state index is -0.252. The number of rotatable bonds is 6. The largest absolute Gasteiger partial charge is 0.396 e. The molecule has 135 valence electrons. The zero-order valence-electron chi connectivity index (χ0n) is 16.7. The minimum Gasteiger partial charge on any atom is -0.396 e. The van der Waals surface area contributed by atoms with E-state index >= 15 is 0 Å². The van der Waals surface area contributed by atoms with Gasteiger partial charge < -0.3 is 23.5 Å². The zero-order valence-corrected chi connectivity index (χ0v) is 19.5. The quantitative estimate of drug-likeness (QED) is 0.256. The van der Waals surface area contributed by atoms with Crippen molar-refractivity contribution in [1.82, 2.24) is 0 Å². The monoisotopic (exact) mass is 400 g/mol. The first-order valence-corrected chi connectivity index (χ1v) is 8.17. The second kappa shape index (κ2) is 13.5. The molecule has 0 spiro atoms. The topological polar surface area (TPSA) is 38.7 Å². The molecule has 0 saturated carbocycles. The molecule has 23 heavy (non-hydrogen) atoms. The smallest absolute Gasteiger partial charge is 0.116 e. The summed E-state index contributed by atoms with van der Waals surface area (Å²) in [5, 5.41) is 3.79. The Morgan fingerprint density at radius 1 is 1.17 bits per heavy atom. The predicted octanol–water partition coefficient (Wildman–Crippen LogP) is 5.50. The molecule has 0 rings (SSSR count). The molecule has 0 aromatic heterocycles. The first kappa shape index (κ1) is 28.1. The van der Waals surface area contributed by atoms with Gasteiger partial charge in [0.1, 0.15) is 12.4 Å². The fraction of sp³-hybridized carbons (Fsp3) is 0.789. The Morgan fingerprint density at radius 3 is 1.96 bits per heavy atom. The van der Waals surface area contributed by atoms with Gasteiger partial charge in [0, 0.05) is 43.8 Å². The van der Waals surface area contributed by atoms with E-state index in [2.05, 4.69) is 46.7 Å². The number of Topliss-reactive ketones (excluding diaryl/α,β-unsaturated/α-hetero) is 1. The minimum absolute atomic E-state index is 0. The molecule has 0 aliphatic heterocycles. The van der Waals surface area contributed by atoms with Crippen LogP contribution in [0.2, 0.25) is 0 Å². The maximum Gasteiger partial charge on any atom is 0.116 e. The van der Waals surface area contributed by atoms with Gasteiger partial charge in [-0.1, -0.05) is 60.0 Å². The van der Waals surface area contributed by atoms with Crippen LogP contribution in [-0.2, 0) is 42.3 Å². The van der Waals surface area contributed by atoms with Crippen molar-refractivity contribution in [2.24, 2.45) is 21.9 Å². The van der Waals surface area contributed by atoms with Gasteiger partial charge in [-0.25, -0.2) is 0 Å². The van der Waals surface area contributed by atoms with Gasteiger partial charge >= 0.3 is 0 Å². The van der Waals surface area contributed by atoms with Crippen molar-refractivity contribution in [3.8, 4) is 0 Å². The number of hydrogen-bond donors (Lipinski definition) is 0. The van der Waals surface area contributed by atoms with Crippen LogP contribution in [0, 0.1) is 30.6 Å². The molecule has 1 unspecified atom stereocenters. The maximum atomic E-state index is 11.8. The molecule has 0 aliphatic carbocycles. The van der Waals surface area contributed by atoms with Crippen LogP contribution in [0.4, 0.5) is 0 Å². The van der Waals surface area contributed by atoms with Crippen molar-refractivity contribution >= 4 is 11.5 Å². The Bertz CT molecular complexity index is 338. The number of nitrogens with zero attached hydrogens (tertiary/aromatic N) is 1. The molecule has 3 nitrogen and oxygen atoms in total. The molecule has 0 N–H and O–H groups in total. The van der Waals surface area contributed by atoms with Gasteiger partial charge in [-0.3, -0.25) is 0 Å². The molecule has 0 amide bonds. The molecule has 0 aromatic carbocycles. The summed E-state index contributed by atoms with van der Waals surface area (Å²) in [6, 6.07) is 0. The average Bonchev–Trinajstić information content (AvgIpc) is 2.35. The van der Waals surface area contributed by atoms with Crippen molar-refractivity contribution in [2.75, 3.05) is 6.61 Å². The van der Waals surface area contributed by atoms with Gasteiger partial charge in [0.15, 0.2) is 0 Å². The summed E-state index contributed by atoms with van der Waals surface area (Å²) < 4.78 is 0. The zero-order chi connectivity index (χ0) is 18.0. The average molecular weight is 400 g/mol. The van der Waals surface area contributed by atoms with Gasteiger partial charge in [-0.15, -0.1) is 12.3 Å². The summed E-state index contributed by atoms with van der Waals surface area (Å²) in [7, 11) is 0. The number of carbonyl (C=O) groups excluding carboxylic acids is 1. The molecule has 0 heterocycles. The maximum absolute atomic E-state index is 11.8. The first-order chi connectivity index (χ1) is 9.85. The Kier molecular flexibility index (Phi) is 16.5. The van der Waals surface area contributed by atoms with Crippen LogP contribution in [0.3, 0.4) is 0 Å². The molecule has 0 aromatic rings. The van der Waals surface area contributed by atoms with Crippen molar-refractivity contribution in [2.45, 2.75) is 74.7 Å². The Balaban J connectivity index is -0.000000354. The molecule has 1 radical (unpaired) electrons. The van der Waals surface area contributed by atoms with Gasteiger partial charge in [-0.2, -0.15) is 0 Å². The van der Waals surface area contributed by atoms with E-state index in [-0.39, 0.29) is 55.2 Å². The van der Waals surface area contributed by atoms with Crippen LogP contribution in [0.15, 0.2) is 5.16 Å². The molecule has 0 bridgehead atoms. The fourth-order valence-electron chi connectivity index (χ4n) is 1.74. The van der Waals surface area contributed by atoms with Gasteiger partial charge in [0.2, 0.25) is 0 Å². The summed E-state index contributed by atoms with van der Waals surface area (Å²) in [6.45, 7) is 24.5. The van der Waals surface area contributed by atoms with Crippen molar-refractivity contribution in [1.29, 1.82) is 0 Å². The van der Waals surface area contributed by atoms with Crippen LogP contribution in [-0.4, -0.2) is 18.1 Å². The molecular formula is C19H37NO2Y-2. The second-order valence-electron chi connectivity index (χ2n) is 7.99. The second-order valence-corrected chi connectivity index (χ2v) is 7.99. The summed E-state index contributed by atoms with van der Waals surface area (Å²) in [6.07, 6.45) is 2.60. The van der Waals surface area contributed by atoms with Gasteiger partial charge in [-0.05, 0) is 18.8 Å². The fourth-order valence-corrected chi connectivity index (χ4v) is 1.74. The van der Waals surface area contributed by atoms with Gasteiger partial charge in [0.25, 0.3) is 0 Å². The third-order valence-electron chi connectivity index (χ3n) is 2.85. The van der Waals surface area contributed by atoms with Crippen molar-refractivity contribution in [3.63, 3.8) is 0 Å². The van der Waals surface area contributed by atoms with Crippen LogP contribution in [0.1, 0.15) is 74.7 Å². The normalized spacial score (nSPS) is 13.4. The summed E-state index contributed by atoms with van der Waals surface area (Å²) >= 11 is 0. The Labute approximate surface area is 170 Å². The molecule has 0 aliphatic rings. The first-order valence-electron chi connectivity index (χ1n) is 8.17. The third-order valence-corrected chi connectivity index (χ3v) is 2.85. The standard InChI is InChI=1S/C12H23O.C7H14NO.Y/c1-9(8-11(2,3)4)10(13)12(5,6)7;1-4-6-9-8-7(3)5-2;/h9H,1,8H2,2-7H3;2,4-6H2,1,3H3;/q2*-1;/b;8-7-;. The summed E-state index contributed by atoms with van der Waals surface area (Å²) in [5.41, 5.74) is 0.883. The summed E-state index contributed by atoms with van der Waals surface area (Å²) in [4.78, 5) is 16.7. The van der Waals surface area contributed by atoms with Crippen molar-refractivity contribution in [3.05, 3.63) is 13.8 Å². The Morgan fingerprint density at radius 2 is 1.65 bits per heavy atom. The van der Waals surface area contributed by atoms with Crippen LogP contribution < -0.4 is 0 Å². The van der Waals surface area contributed by atoms with E-state index in [1.807, 2.05) is 27.7 Å². The van der Waals surface area contributed by atoms with Crippen LogP contribution in [0.5, 0.6) is 0 Å². The third kappa shape index (κ3) is 18.4. The van der Waals surface area contributed by atoms with Crippen LogP contribution >= 0.6 is 0 Å².